The summed E-state index contributed by atoms with van der Waals surface area (Å²) >= 11 is 0. The predicted octanol–water partition coefficient (Wildman–Crippen LogP) is 5.91. The van der Waals surface area contributed by atoms with Crippen molar-refractivity contribution in [2.75, 3.05) is 34.8 Å². The summed E-state index contributed by atoms with van der Waals surface area (Å²) in [6, 6.07) is 25.4. The van der Waals surface area contributed by atoms with E-state index in [1.54, 1.807) is 12.1 Å². The quantitative estimate of drug-likeness (QED) is 0.459. The Morgan fingerprint density at radius 3 is 2.41 bits per heavy atom. The van der Waals surface area contributed by atoms with Gasteiger partial charge in [0.1, 0.15) is 0 Å². The summed E-state index contributed by atoms with van der Waals surface area (Å²) in [6.07, 6.45) is 5.18. The van der Waals surface area contributed by atoms with Crippen LogP contribution in [0.1, 0.15) is 48.5 Å². The van der Waals surface area contributed by atoms with Gasteiger partial charge in [-0.25, -0.2) is 0 Å². The zero-order chi connectivity index (χ0) is 23.8. The lowest BCUT2D eigenvalue weighted by Crippen LogP contribution is -2.34. The molecule has 2 amide bonds. The molecule has 0 aromatic heterocycles. The molecule has 34 heavy (non-hydrogen) atoms. The van der Waals surface area contributed by atoms with Crippen LogP contribution in [-0.4, -0.2) is 31.4 Å². The number of fused-ring (bicyclic) bond motifs is 1. The number of hydrogen-bond acceptors (Lipinski definition) is 3. The molecule has 0 fully saturated rings. The highest BCUT2D eigenvalue weighted by atomic mass is 16.2. The van der Waals surface area contributed by atoms with Gasteiger partial charge in [0.2, 0.25) is 5.91 Å². The minimum absolute atomic E-state index is 0.00189. The number of amides is 2. The zero-order valence-electron chi connectivity index (χ0n) is 19.9. The van der Waals surface area contributed by atoms with E-state index in [2.05, 4.69) is 23.2 Å². The van der Waals surface area contributed by atoms with Crippen molar-refractivity contribution >= 4 is 28.9 Å². The van der Waals surface area contributed by atoms with E-state index in [4.69, 9.17) is 0 Å². The van der Waals surface area contributed by atoms with E-state index in [0.29, 0.717) is 11.3 Å². The molecule has 0 spiro atoms. The highest BCUT2D eigenvalue weighted by Gasteiger charge is 2.22. The number of nitrogens with one attached hydrogen (secondary N) is 1. The molecule has 0 aliphatic carbocycles. The Labute approximate surface area is 202 Å². The van der Waals surface area contributed by atoms with Crippen LogP contribution in [0.25, 0.3) is 0 Å². The van der Waals surface area contributed by atoms with E-state index in [-0.39, 0.29) is 18.4 Å². The van der Waals surface area contributed by atoms with E-state index in [1.807, 2.05) is 65.6 Å². The molecular weight excluding hydrogens is 422 g/mol. The first kappa shape index (κ1) is 23.6. The lowest BCUT2D eigenvalue weighted by Gasteiger charge is -2.24. The number of anilines is 3. The van der Waals surface area contributed by atoms with Gasteiger partial charge in [-0.15, -0.1) is 0 Å². The molecule has 1 aliphatic rings. The topological polar surface area (TPSA) is 52.7 Å². The smallest absolute Gasteiger partial charge is 0.258 e. The van der Waals surface area contributed by atoms with Crippen molar-refractivity contribution in [3.05, 3.63) is 90.0 Å². The highest BCUT2D eigenvalue weighted by Crippen LogP contribution is 2.27. The third-order valence-corrected chi connectivity index (χ3v) is 6.26. The largest absolute Gasteiger partial charge is 0.362 e. The molecule has 0 atom stereocenters. The number of unbranched alkanes of at least 4 members (excludes halogenated alkanes) is 1. The maximum Gasteiger partial charge on any atom is 0.258 e. The maximum absolute atomic E-state index is 13.3. The Morgan fingerprint density at radius 1 is 0.912 bits per heavy atom. The van der Waals surface area contributed by atoms with Crippen LogP contribution in [0.4, 0.5) is 17.1 Å². The molecule has 0 saturated carbocycles. The van der Waals surface area contributed by atoms with Gasteiger partial charge >= 0.3 is 0 Å². The average Bonchev–Trinajstić information content (AvgIpc) is 3.10. The normalized spacial score (nSPS) is 13.0. The summed E-state index contributed by atoms with van der Waals surface area (Å²) in [5.41, 5.74) is 4.60. The van der Waals surface area contributed by atoms with Crippen molar-refractivity contribution in [1.82, 2.24) is 0 Å². The van der Waals surface area contributed by atoms with E-state index < -0.39 is 0 Å². The number of carbonyl (C=O) groups is 2. The van der Waals surface area contributed by atoms with Crippen LogP contribution in [0, 0.1) is 0 Å². The molecule has 0 radical (unpaired) electrons. The van der Waals surface area contributed by atoms with Crippen molar-refractivity contribution < 1.29 is 9.59 Å². The Hall–Kier alpha value is -3.60. The van der Waals surface area contributed by atoms with E-state index >= 15 is 0 Å². The van der Waals surface area contributed by atoms with Gasteiger partial charge < -0.3 is 15.1 Å². The molecule has 1 aliphatic heterocycles. The molecule has 1 heterocycles. The van der Waals surface area contributed by atoms with Crippen molar-refractivity contribution in [2.45, 2.75) is 39.0 Å². The molecule has 5 nitrogen and oxygen atoms in total. The van der Waals surface area contributed by atoms with Gasteiger partial charge in [0.05, 0.1) is 6.54 Å². The first-order chi connectivity index (χ1) is 16.7. The van der Waals surface area contributed by atoms with Crippen molar-refractivity contribution in [1.29, 1.82) is 0 Å². The number of hydrogen-bond donors (Lipinski definition) is 1. The van der Waals surface area contributed by atoms with E-state index in [1.165, 1.54) is 5.56 Å². The summed E-state index contributed by atoms with van der Waals surface area (Å²) in [5, 5.41) is 2.98. The number of nitrogens with zero attached hydrogens (tertiary/aromatic N) is 2. The van der Waals surface area contributed by atoms with Crippen LogP contribution in [-0.2, 0) is 11.2 Å². The van der Waals surface area contributed by atoms with Crippen molar-refractivity contribution in [2.24, 2.45) is 0 Å². The van der Waals surface area contributed by atoms with E-state index in [0.717, 1.165) is 56.6 Å². The standard InChI is InChI=1S/C29H33N3O2/c1-2-3-20-31(26-13-5-4-6-14-26)22-28(33)30-25-18-16-24(17-19-25)29(34)32-21-10-9-12-23-11-7-8-15-27(23)32/h4-8,11,13-19H,2-3,9-10,12,20-22H2,1H3,(H,30,33). The number of aryl methyl sites for hydroxylation is 1. The number of benzene rings is 3. The first-order valence-corrected chi connectivity index (χ1v) is 12.3. The summed E-state index contributed by atoms with van der Waals surface area (Å²) in [5.74, 6) is -0.0671. The minimum Gasteiger partial charge on any atom is -0.362 e. The molecule has 3 aromatic rings. The Kier molecular flexibility index (Phi) is 7.97. The Balaban J connectivity index is 1.41. The molecule has 0 bridgehead atoms. The average molecular weight is 456 g/mol. The fourth-order valence-corrected chi connectivity index (χ4v) is 4.42. The zero-order valence-corrected chi connectivity index (χ0v) is 19.9. The molecule has 176 valence electrons. The van der Waals surface area contributed by atoms with Gasteiger partial charge in [-0.05, 0) is 73.7 Å². The molecule has 4 rings (SSSR count). The van der Waals surface area contributed by atoms with Gasteiger partial charge in [0.25, 0.3) is 5.91 Å². The predicted molar refractivity (Wildman–Crippen MR) is 140 cm³/mol. The number of para-hydroxylation sites is 2. The second kappa shape index (κ2) is 11.5. The van der Waals surface area contributed by atoms with Gasteiger partial charge in [-0.2, -0.15) is 0 Å². The van der Waals surface area contributed by atoms with Gasteiger partial charge in [-0.3, -0.25) is 9.59 Å². The third kappa shape index (κ3) is 5.84. The summed E-state index contributed by atoms with van der Waals surface area (Å²) in [6.45, 7) is 3.99. The summed E-state index contributed by atoms with van der Waals surface area (Å²) < 4.78 is 0. The number of carbonyl (C=O) groups excluding carboxylic acids is 2. The fourth-order valence-electron chi connectivity index (χ4n) is 4.42. The Bertz CT molecular complexity index is 1100. The summed E-state index contributed by atoms with van der Waals surface area (Å²) in [7, 11) is 0. The van der Waals surface area contributed by atoms with Crippen LogP contribution in [0.5, 0.6) is 0 Å². The van der Waals surface area contributed by atoms with Gasteiger partial charge in [0, 0.05) is 35.7 Å². The molecule has 1 N–H and O–H groups in total. The molecule has 5 heteroatoms. The molecule has 0 saturated heterocycles. The third-order valence-electron chi connectivity index (χ3n) is 6.26. The molecular formula is C29H33N3O2. The monoisotopic (exact) mass is 455 g/mol. The number of rotatable bonds is 8. The van der Waals surface area contributed by atoms with Crippen molar-refractivity contribution in [3.8, 4) is 0 Å². The van der Waals surface area contributed by atoms with E-state index in [9.17, 15) is 9.59 Å². The van der Waals surface area contributed by atoms with Crippen LogP contribution in [0.15, 0.2) is 78.9 Å². The van der Waals surface area contributed by atoms with Gasteiger partial charge in [0.15, 0.2) is 0 Å². The maximum atomic E-state index is 13.3. The lowest BCUT2D eigenvalue weighted by atomic mass is 10.1. The van der Waals surface area contributed by atoms with Gasteiger partial charge in [-0.1, -0.05) is 49.7 Å². The highest BCUT2D eigenvalue weighted by molar-refractivity contribution is 6.07. The SMILES string of the molecule is CCCCN(CC(=O)Nc1ccc(C(=O)N2CCCCc3ccccc32)cc1)c1ccccc1. The minimum atomic E-state index is -0.0690. The molecule has 0 unspecified atom stereocenters. The fraction of sp³-hybridized carbons (Fsp3) is 0.310. The first-order valence-electron chi connectivity index (χ1n) is 12.3. The van der Waals surface area contributed by atoms with Crippen LogP contribution >= 0.6 is 0 Å². The second-order valence-electron chi connectivity index (χ2n) is 8.78. The van der Waals surface area contributed by atoms with Crippen LogP contribution in [0.2, 0.25) is 0 Å². The summed E-state index contributed by atoms with van der Waals surface area (Å²) in [4.78, 5) is 30.1. The van der Waals surface area contributed by atoms with Crippen molar-refractivity contribution in [3.63, 3.8) is 0 Å². The van der Waals surface area contributed by atoms with Crippen LogP contribution in [0.3, 0.4) is 0 Å². The molecule has 3 aromatic carbocycles. The second-order valence-corrected chi connectivity index (χ2v) is 8.78. The Morgan fingerprint density at radius 2 is 1.65 bits per heavy atom. The van der Waals surface area contributed by atoms with Crippen LogP contribution < -0.4 is 15.1 Å². The lowest BCUT2D eigenvalue weighted by molar-refractivity contribution is -0.115.